The molecule has 3 heterocycles. The van der Waals surface area contributed by atoms with E-state index in [-0.39, 0.29) is 11.2 Å². The maximum absolute atomic E-state index is 12.2. The van der Waals surface area contributed by atoms with E-state index >= 15 is 0 Å². The molecule has 0 fully saturated rings. The van der Waals surface area contributed by atoms with Gasteiger partial charge in [-0.25, -0.2) is 19.6 Å². The van der Waals surface area contributed by atoms with E-state index in [1.54, 1.807) is 24.5 Å². The second-order valence-electron chi connectivity index (χ2n) is 7.52. The Morgan fingerprint density at radius 3 is 2.60 bits per heavy atom. The third-order valence-corrected chi connectivity index (χ3v) is 4.96. The summed E-state index contributed by atoms with van der Waals surface area (Å²) in [5, 5.41) is 20.6. The van der Waals surface area contributed by atoms with Crippen LogP contribution in [0.15, 0.2) is 35.1 Å². The number of carbonyl (C=O) groups is 2. The molecular formula is C19H22N6O4S. The summed E-state index contributed by atoms with van der Waals surface area (Å²) in [4.78, 5) is 32.0. The Kier molecular flexibility index (Phi) is 6.31. The van der Waals surface area contributed by atoms with Crippen molar-refractivity contribution in [2.24, 2.45) is 0 Å². The summed E-state index contributed by atoms with van der Waals surface area (Å²) in [6.07, 6.45) is 3.47. The number of nitrogens with zero attached hydrogens (tertiary/aromatic N) is 3. The monoisotopic (exact) mass is 430 g/mol. The molecule has 158 valence electrons. The lowest BCUT2D eigenvalue weighted by Crippen LogP contribution is -2.19. The predicted molar refractivity (Wildman–Crippen MR) is 113 cm³/mol. The van der Waals surface area contributed by atoms with Crippen molar-refractivity contribution >= 4 is 40.2 Å². The number of amides is 3. The van der Waals surface area contributed by atoms with Gasteiger partial charge in [-0.05, 0) is 30.5 Å². The number of aryl methyl sites for hydroxylation is 2. The molecule has 0 spiro atoms. The Bertz CT molecular complexity index is 1040. The summed E-state index contributed by atoms with van der Waals surface area (Å²) in [5.74, 6) is 1.29. The van der Waals surface area contributed by atoms with Crippen molar-refractivity contribution in [3.63, 3.8) is 0 Å². The van der Waals surface area contributed by atoms with Crippen LogP contribution in [-0.4, -0.2) is 32.4 Å². The fourth-order valence-electron chi connectivity index (χ4n) is 2.49. The molecule has 3 aromatic rings. The molecular weight excluding hydrogens is 408 g/mol. The number of carboxylic acid groups (broad SMARTS) is 1. The van der Waals surface area contributed by atoms with Gasteiger partial charge in [0.2, 0.25) is 0 Å². The van der Waals surface area contributed by atoms with Gasteiger partial charge in [0.05, 0.1) is 0 Å². The van der Waals surface area contributed by atoms with Gasteiger partial charge in [-0.2, -0.15) is 0 Å². The first-order valence-corrected chi connectivity index (χ1v) is 9.95. The number of rotatable bonds is 6. The minimum absolute atomic E-state index is 0.202. The first-order valence-electron chi connectivity index (χ1n) is 9.14. The number of hydrogen-bond acceptors (Lipinski definition) is 7. The maximum atomic E-state index is 12.2. The first-order chi connectivity index (χ1) is 14.2. The fraction of sp³-hybridized carbons (Fsp3) is 0.316. The van der Waals surface area contributed by atoms with Crippen molar-refractivity contribution in [3.05, 3.63) is 46.8 Å². The van der Waals surface area contributed by atoms with E-state index in [1.165, 1.54) is 11.3 Å². The number of thiazole rings is 1. The summed E-state index contributed by atoms with van der Waals surface area (Å²) < 4.78 is 5.24. The second-order valence-corrected chi connectivity index (χ2v) is 8.63. The average molecular weight is 430 g/mol. The zero-order valence-electron chi connectivity index (χ0n) is 16.7. The van der Waals surface area contributed by atoms with Gasteiger partial charge in [0.25, 0.3) is 0 Å². The van der Waals surface area contributed by atoms with Gasteiger partial charge in [-0.1, -0.05) is 25.9 Å². The SMILES string of the molecule is CC(C)(C)c1cc(NC(=O)Nc2ncc(CCc3ccnc(NC(=O)O)c3)s2)no1. The molecule has 0 saturated heterocycles. The van der Waals surface area contributed by atoms with Gasteiger partial charge < -0.3 is 9.63 Å². The van der Waals surface area contributed by atoms with Crippen LogP contribution in [0.3, 0.4) is 0 Å². The molecule has 10 nitrogen and oxygen atoms in total. The van der Waals surface area contributed by atoms with E-state index in [2.05, 4.69) is 31.1 Å². The third-order valence-electron chi connectivity index (χ3n) is 3.98. The quantitative estimate of drug-likeness (QED) is 0.455. The number of nitrogens with one attached hydrogen (secondary N) is 3. The molecule has 0 aliphatic carbocycles. The molecule has 30 heavy (non-hydrogen) atoms. The summed E-state index contributed by atoms with van der Waals surface area (Å²) in [7, 11) is 0. The van der Waals surface area contributed by atoms with Gasteiger partial charge in [0, 0.05) is 28.8 Å². The topological polar surface area (TPSA) is 142 Å². The van der Waals surface area contributed by atoms with Crippen LogP contribution in [0.5, 0.6) is 0 Å². The van der Waals surface area contributed by atoms with E-state index in [0.29, 0.717) is 29.6 Å². The van der Waals surface area contributed by atoms with Crippen molar-refractivity contribution < 1.29 is 19.2 Å². The van der Waals surface area contributed by atoms with Crippen molar-refractivity contribution in [1.29, 1.82) is 0 Å². The highest BCUT2D eigenvalue weighted by molar-refractivity contribution is 7.15. The second kappa shape index (κ2) is 8.91. The summed E-state index contributed by atoms with van der Waals surface area (Å²) in [6, 6.07) is 4.74. The molecule has 3 rings (SSSR count). The van der Waals surface area contributed by atoms with Gasteiger partial charge in [0.15, 0.2) is 10.9 Å². The Hall–Kier alpha value is -3.47. The number of urea groups is 1. The number of hydrogen-bond donors (Lipinski definition) is 4. The van der Waals surface area contributed by atoms with E-state index in [4.69, 9.17) is 9.63 Å². The largest absolute Gasteiger partial charge is 0.465 e. The molecule has 11 heteroatoms. The van der Waals surface area contributed by atoms with Gasteiger partial charge in [-0.3, -0.25) is 16.0 Å². The highest BCUT2D eigenvalue weighted by Gasteiger charge is 2.20. The van der Waals surface area contributed by atoms with Crippen LogP contribution in [-0.2, 0) is 18.3 Å². The van der Waals surface area contributed by atoms with Crippen molar-refractivity contribution in [3.8, 4) is 0 Å². The number of pyridine rings is 1. The smallest absolute Gasteiger partial charge is 0.410 e. The first kappa shape index (κ1) is 21.2. The summed E-state index contributed by atoms with van der Waals surface area (Å²) >= 11 is 1.36. The Morgan fingerprint density at radius 2 is 1.90 bits per heavy atom. The van der Waals surface area contributed by atoms with E-state index in [1.807, 2.05) is 26.8 Å². The van der Waals surface area contributed by atoms with Gasteiger partial charge >= 0.3 is 12.1 Å². The van der Waals surface area contributed by atoms with E-state index < -0.39 is 12.1 Å². The van der Waals surface area contributed by atoms with Crippen LogP contribution < -0.4 is 16.0 Å². The third kappa shape index (κ3) is 6.01. The molecule has 4 N–H and O–H groups in total. The minimum Gasteiger partial charge on any atom is -0.465 e. The van der Waals surface area contributed by atoms with E-state index in [0.717, 1.165) is 10.4 Å². The molecule has 3 amide bonds. The standard InChI is InChI=1S/C19H22N6O4S/c1-19(2,3)13-9-15(25-29-13)22-16(26)24-17-21-10-12(30-17)5-4-11-6-7-20-14(8-11)23-18(27)28/h6-10H,4-5H2,1-3H3,(H,20,23)(H,27,28)(H2,21,22,24,25,26). The van der Waals surface area contributed by atoms with Crippen LogP contribution in [0.2, 0.25) is 0 Å². The van der Waals surface area contributed by atoms with Crippen LogP contribution in [0.1, 0.15) is 37.0 Å². The minimum atomic E-state index is -1.16. The predicted octanol–water partition coefficient (Wildman–Crippen LogP) is 4.34. The maximum Gasteiger partial charge on any atom is 0.410 e. The molecule has 0 bridgehead atoms. The lowest BCUT2D eigenvalue weighted by molar-refractivity contribution is 0.209. The molecule has 0 atom stereocenters. The molecule has 3 aromatic heterocycles. The molecule has 0 aliphatic heterocycles. The van der Waals surface area contributed by atoms with Crippen LogP contribution in [0.25, 0.3) is 0 Å². The van der Waals surface area contributed by atoms with Crippen molar-refractivity contribution in [2.75, 3.05) is 16.0 Å². The van der Waals surface area contributed by atoms with Crippen molar-refractivity contribution in [2.45, 2.75) is 39.0 Å². The van der Waals surface area contributed by atoms with E-state index in [9.17, 15) is 9.59 Å². The molecule has 0 radical (unpaired) electrons. The summed E-state index contributed by atoms with van der Waals surface area (Å²) in [5.41, 5.74) is 0.738. The highest BCUT2D eigenvalue weighted by Crippen LogP contribution is 2.25. The van der Waals surface area contributed by atoms with Crippen LogP contribution >= 0.6 is 11.3 Å². The Balaban J connectivity index is 1.52. The molecule has 0 saturated carbocycles. The van der Waals surface area contributed by atoms with Gasteiger partial charge in [-0.15, -0.1) is 11.3 Å². The zero-order valence-corrected chi connectivity index (χ0v) is 17.5. The Labute approximate surface area is 176 Å². The Morgan fingerprint density at radius 1 is 1.10 bits per heavy atom. The average Bonchev–Trinajstić information content (AvgIpc) is 3.29. The van der Waals surface area contributed by atoms with Crippen LogP contribution in [0.4, 0.5) is 26.4 Å². The van der Waals surface area contributed by atoms with Crippen LogP contribution in [0, 0.1) is 0 Å². The zero-order chi connectivity index (χ0) is 21.7. The number of anilines is 3. The molecule has 0 aliphatic rings. The molecule has 0 unspecified atom stereocenters. The lowest BCUT2D eigenvalue weighted by Gasteiger charge is -2.12. The lowest BCUT2D eigenvalue weighted by atomic mass is 9.93. The normalized spacial score (nSPS) is 11.2. The molecule has 0 aromatic carbocycles. The van der Waals surface area contributed by atoms with Crippen molar-refractivity contribution in [1.82, 2.24) is 15.1 Å². The number of carbonyl (C=O) groups excluding carboxylic acids is 1. The summed E-state index contributed by atoms with van der Waals surface area (Å²) in [6.45, 7) is 5.97. The highest BCUT2D eigenvalue weighted by atomic mass is 32.1. The fourth-order valence-corrected chi connectivity index (χ4v) is 3.30. The van der Waals surface area contributed by atoms with Gasteiger partial charge in [0.1, 0.15) is 11.6 Å². The number of aromatic nitrogens is 3.